The van der Waals surface area contributed by atoms with E-state index in [1.165, 1.54) is 0 Å². The van der Waals surface area contributed by atoms with Gasteiger partial charge in [-0.25, -0.2) is 0 Å². The fourth-order valence-electron chi connectivity index (χ4n) is 2.13. The Bertz CT molecular complexity index is 159. The molecule has 13 heavy (non-hydrogen) atoms. The first-order valence-electron chi connectivity index (χ1n) is 4.79. The zero-order valence-corrected chi connectivity index (χ0v) is 11.1. The molecule has 3 unspecified atom stereocenters. The number of alkyl halides is 1. The summed E-state index contributed by atoms with van der Waals surface area (Å²) in [5.41, 5.74) is 0. The molecular formula is C10H19ClMgO. The SMILES string of the molecule is CC(C)C1CCC(C)(Cl)CC1O.[Mg]. The highest BCUT2D eigenvalue weighted by Gasteiger charge is 2.36. The van der Waals surface area contributed by atoms with Gasteiger partial charge in [0.25, 0.3) is 0 Å². The maximum atomic E-state index is 9.79. The van der Waals surface area contributed by atoms with Gasteiger partial charge in [-0.1, -0.05) is 13.8 Å². The summed E-state index contributed by atoms with van der Waals surface area (Å²) in [5, 5.41) is 9.79. The standard InChI is InChI=1S/C10H19ClO.Mg/c1-7(2)8-4-5-10(3,11)6-9(8)12;/h7-9,12H,4-6H2,1-3H3;. The van der Waals surface area contributed by atoms with Crippen molar-refractivity contribution in [3.8, 4) is 0 Å². The second-order valence-corrected chi connectivity index (χ2v) is 5.54. The van der Waals surface area contributed by atoms with Gasteiger partial charge in [-0.2, -0.15) is 0 Å². The molecule has 2 radical (unpaired) electrons. The van der Waals surface area contributed by atoms with E-state index in [0.29, 0.717) is 11.8 Å². The molecule has 1 rings (SSSR count). The van der Waals surface area contributed by atoms with Crippen LogP contribution in [0.1, 0.15) is 40.0 Å². The maximum absolute atomic E-state index is 9.79. The molecule has 1 aliphatic carbocycles. The van der Waals surface area contributed by atoms with Gasteiger partial charge in [-0.15, -0.1) is 11.6 Å². The Labute approximate surface area is 102 Å². The van der Waals surface area contributed by atoms with Crippen molar-refractivity contribution in [3.05, 3.63) is 0 Å². The molecular weight excluding hydrogens is 196 g/mol. The predicted octanol–water partition coefficient (Wildman–Crippen LogP) is 2.42. The van der Waals surface area contributed by atoms with Gasteiger partial charge in [0.05, 0.1) is 6.10 Å². The molecule has 1 N–H and O–H groups in total. The number of halogens is 1. The fourth-order valence-corrected chi connectivity index (χ4v) is 2.39. The topological polar surface area (TPSA) is 20.2 Å². The van der Waals surface area contributed by atoms with Crippen molar-refractivity contribution < 1.29 is 5.11 Å². The van der Waals surface area contributed by atoms with Crippen molar-refractivity contribution in [2.75, 3.05) is 0 Å². The summed E-state index contributed by atoms with van der Waals surface area (Å²) in [6, 6.07) is 0. The van der Waals surface area contributed by atoms with Crippen LogP contribution in [0.4, 0.5) is 0 Å². The van der Waals surface area contributed by atoms with Crippen LogP contribution in [0, 0.1) is 11.8 Å². The van der Waals surface area contributed by atoms with Gasteiger partial charge in [-0.05, 0) is 38.0 Å². The average Bonchev–Trinajstić information content (AvgIpc) is 1.83. The third-order valence-corrected chi connectivity index (χ3v) is 3.33. The van der Waals surface area contributed by atoms with Crippen molar-refractivity contribution in [3.63, 3.8) is 0 Å². The molecule has 0 heterocycles. The molecule has 1 fully saturated rings. The third-order valence-electron chi connectivity index (χ3n) is 2.98. The van der Waals surface area contributed by atoms with E-state index >= 15 is 0 Å². The van der Waals surface area contributed by atoms with Gasteiger partial charge in [0.2, 0.25) is 0 Å². The molecule has 3 heteroatoms. The molecule has 0 saturated heterocycles. The van der Waals surface area contributed by atoms with E-state index in [0.717, 1.165) is 19.3 Å². The molecule has 1 nitrogen and oxygen atoms in total. The molecule has 0 aliphatic heterocycles. The van der Waals surface area contributed by atoms with E-state index in [4.69, 9.17) is 11.6 Å². The van der Waals surface area contributed by atoms with Crippen LogP contribution in [0.5, 0.6) is 0 Å². The molecule has 0 amide bonds. The summed E-state index contributed by atoms with van der Waals surface area (Å²) < 4.78 is 0. The first-order chi connectivity index (χ1) is 5.42. The second-order valence-electron chi connectivity index (χ2n) is 4.63. The Kier molecular flexibility index (Phi) is 5.60. The zero-order chi connectivity index (χ0) is 9.35. The predicted molar refractivity (Wildman–Crippen MR) is 58.2 cm³/mol. The highest BCUT2D eigenvalue weighted by atomic mass is 35.5. The van der Waals surface area contributed by atoms with E-state index < -0.39 is 0 Å². The fraction of sp³-hybridized carbons (Fsp3) is 1.00. The van der Waals surface area contributed by atoms with E-state index in [1.54, 1.807) is 0 Å². The summed E-state index contributed by atoms with van der Waals surface area (Å²) >= 11 is 6.18. The van der Waals surface area contributed by atoms with Crippen LogP contribution in [-0.4, -0.2) is 39.1 Å². The van der Waals surface area contributed by atoms with Crippen molar-refractivity contribution in [2.24, 2.45) is 11.8 Å². The summed E-state index contributed by atoms with van der Waals surface area (Å²) in [6.07, 6.45) is 2.66. The molecule has 1 aliphatic rings. The summed E-state index contributed by atoms with van der Waals surface area (Å²) in [4.78, 5) is -0.162. The Morgan fingerprint density at radius 2 is 2.00 bits per heavy atom. The van der Waals surface area contributed by atoms with Crippen LogP contribution in [0.2, 0.25) is 0 Å². The largest absolute Gasteiger partial charge is 0.393 e. The summed E-state index contributed by atoms with van der Waals surface area (Å²) in [5.74, 6) is 1.03. The number of aliphatic hydroxyl groups excluding tert-OH is 1. The molecule has 3 atom stereocenters. The van der Waals surface area contributed by atoms with E-state index in [1.807, 2.05) is 6.92 Å². The third kappa shape index (κ3) is 3.94. The molecule has 0 aromatic rings. The molecule has 0 spiro atoms. The van der Waals surface area contributed by atoms with Gasteiger partial charge in [-0.3, -0.25) is 0 Å². The smallest absolute Gasteiger partial charge is 0.0587 e. The lowest BCUT2D eigenvalue weighted by Gasteiger charge is -2.38. The van der Waals surface area contributed by atoms with E-state index in [2.05, 4.69) is 13.8 Å². The van der Waals surface area contributed by atoms with Crippen LogP contribution in [0.25, 0.3) is 0 Å². The normalized spacial score (nSPS) is 40.2. The van der Waals surface area contributed by atoms with Gasteiger partial charge >= 0.3 is 0 Å². The highest BCUT2D eigenvalue weighted by Crippen LogP contribution is 2.39. The molecule has 0 aromatic carbocycles. The molecule has 74 valence electrons. The first kappa shape index (κ1) is 14.0. The Balaban J connectivity index is 0.00000144. The minimum atomic E-state index is -0.193. The van der Waals surface area contributed by atoms with Gasteiger partial charge < -0.3 is 5.11 Å². The van der Waals surface area contributed by atoms with Gasteiger partial charge in [0.1, 0.15) is 0 Å². The lowest BCUT2D eigenvalue weighted by molar-refractivity contribution is 0.0329. The van der Waals surface area contributed by atoms with Crippen molar-refractivity contribution in [1.29, 1.82) is 0 Å². The molecule has 0 bridgehead atoms. The quantitative estimate of drug-likeness (QED) is 0.526. The minimum Gasteiger partial charge on any atom is -0.393 e. The Morgan fingerprint density at radius 3 is 2.38 bits per heavy atom. The van der Waals surface area contributed by atoms with Crippen LogP contribution in [0.3, 0.4) is 0 Å². The molecule has 0 aromatic heterocycles. The Morgan fingerprint density at radius 1 is 1.46 bits per heavy atom. The van der Waals surface area contributed by atoms with Crippen LogP contribution < -0.4 is 0 Å². The number of aliphatic hydroxyl groups is 1. The summed E-state index contributed by atoms with van der Waals surface area (Å²) in [6.45, 7) is 6.36. The van der Waals surface area contributed by atoms with Crippen molar-refractivity contribution >= 4 is 34.7 Å². The van der Waals surface area contributed by atoms with E-state index in [9.17, 15) is 5.11 Å². The van der Waals surface area contributed by atoms with Crippen molar-refractivity contribution in [2.45, 2.75) is 51.0 Å². The van der Waals surface area contributed by atoms with Gasteiger partial charge in [0, 0.05) is 27.9 Å². The second kappa shape index (κ2) is 5.20. The minimum absolute atomic E-state index is 0. The highest BCUT2D eigenvalue weighted by molar-refractivity contribution is 6.23. The summed E-state index contributed by atoms with van der Waals surface area (Å²) in [7, 11) is 0. The average molecular weight is 215 g/mol. The lowest BCUT2D eigenvalue weighted by atomic mass is 9.75. The number of rotatable bonds is 1. The molecule has 1 saturated carbocycles. The Hall–Kier alpha value is 1.02. The van der Waals surface area contributed by atoms with Crippen LogP contribution in [-0.2, 0) is 0 Å². The number of hydrogen-bond donors (Lipinski definition) is 1. The van der Waals surface area contributed by atoms with Crippen molar-refractivity contribution in [1.82, 2.24) is 0 Å². The van der Waals surface area contributed by atoms with E-state index in [-0.39, 0.29) is 34.0 Å². The number of hydrogen-bond acceptors (Lipinski definition) is 1. The lowest BCUT2D eigenvalue weighted by Crippen LogP contribution is -2.38. The zero-order valence-electron chi connectivity index (χ0n) is 8.89. The van der Waals surface area contributed by atoms with Crippen LogP contribution in [0.15, 0.2) is 0 Å². The monoisotopic (exact) mass is 214 g/mol. The van der Waals surface area contributed by atoms with Gasteiger partial charge in [0.15, 0.2) is 0 Å². The van der Waals surface area contributed by atoms with Crippen LogP contribution >= 0.6 is 11.6 Å². The maximum Gasteiger partial charge on any atom is 0.0587 e. The first-order valence-corrected chi connectivity index (χ1v) is 5.17.